The van der Waals surface area contributed by atoms with Gasteiger partial charge in [0.05, 0.1) is 13.2 Å². The van der Waals surface area contributed by atoms with Crippen molar-refractivity contribution in [1.82, 2.24) is 15.3 Å². The predicted molar refractivity (Wildman–Crippen MR) is 80.8 cm³/mol. The van der Waals surface area contributed by atoms with E-state index in [2.05, 4.69) is 34.3 Å². The molecule has 0 aliphatic heterocycles. The number of aryl methyl sites for hydroxylation is 1. The summed E-state index contributed by atoms with van der Waals surface area (Å²) in [7, 11) is 0. The molecule has 4 nitrogen and oxygen atoms in total. The Bertz CT molecular complexity index is 519. The van der Waals surface area contributed by atoms with Gasteiger partial charge in [-0.05, 0) is 38.0 Å². The van der Waals surface area contributed by atoms with Gasteiger partial charge in [-0.1, -0.05) is 19.1 Å². The Hall–Kier alpha value is -1.81. The molecular weight excluding hydrogens is 250 g/mol. The van der Waals surface area contributed by atoms with E-state index in [0.717, 1.165) is 30.2 Å². The van der Waals surface area contributed by atoms with Crippen LogP contribution in [-0.4, -0.2) is 16.6 Å². The zero-order valence-corrected chi connectivity index (χ0v) is 12.4. The van der Waals surface area contributed by atoms with Crippen LogP contribution in [0.5, 0.6) is 5.75 Å². The number of nitrogens with zero attached hydrogens (tertiary/aromatic N) is 1. The average molecular weight is 273 g/mol. The van der Waals surface area contributed by atoms with Crippen molar-refractivity contribution >= 4 is 0 Å². The number of nitrogens with one attached hydrogen (secondary N) is 2. The van der Waals surface area contributed by atoms with Crippen molar-refractivity contribution in [3.8, 4) is 5.75 Å². The highest BCUT2D eigenvalue weighted by Gasteiger charge is 2.09. The van der Waals surface area contributed by atoms with Crippen LogP contribution in [0.3, 0.4) is 0 Å². The van der Waals surface area contributed by atoms with E-state index in [-0.39, 0.29) is 0 Å². The lowest BCUT2D eigenvalue weighted by Crippen LogP contribution is -2.20. The molecule has 4 heteroatoms. The third kappa shape index (κ3) is 3.84. The molecular formula is C16H23N3O. The van der Waals surface area contributed by atoms with E-state index >= 15 is 0 Å². The summed E-state index contributed by atoms with van der Waals surface area (Å²) in [6.45, 7) is 7.64. The lowest BCUT2D eigenvalue weighted by atomic mass is 10.0. The second-order valence-electron chi connectivity index (χ2n) is 4.86. The molecule has 1 aromatic heterocycles. The first kappa shape index (κ1) is 14.6. The summed E-state index contributed by atoms with van der Waals surface area (Å²) in [6.07, 6.45) is 2.89. The van der Waals surface area contributed by atoms with Crippen molar-refractivity contribution in [2.24, 2.45) is 0 Å². The monoisotopic (exact) mass is 273 g/mol. The van der Waals surface area contributed by atoms with Gasteiger partial charge in [-0.2, -0.15) is 0 Å². The van der Waals surface area contributed by atoms with Crippen molar-refractivity contribution < 1.29 is 4.74 Å². The summed E-state index contributed by atoms with van der Waals surface area (Å²) in [5.41, 5.74) is 2.37. The molecule has 2 aromatic rings. The van der Waals surface area contributed by atoms with Gasteiger partial charge in [0.2, 0.25) is 0 Å². The Morgan fingerprint density at radius 1 is 1.25 bits per heavy atom. The van der Waals surface area contributed by atoms with Crippen LogP contribution in [0.25, 0.3) is 0 Å². The molecule has 108 valence electrons. The molecule has 0 radical (unpaired) electrons. The molecule has 1 atom stereocenters. The molecule has 0 saturated carbocycles. The SMILES string of the molecule is CCOc1ccc(C(CC)NCc2ncc(C)[nH]2)cc1. The molecule has 0 saturated heterocycles. The van der Waals surface area contributed by atoms with Crippen LogP contribution in [-0.2, 0) is 6.54 Å². The van der Waals surface area contributed by atoms with Gasteiger partial charge in [-0.3, -0.25) is 0 Å². The minimum Gasteiger partial charge on any atom is -0.494 e. The normalized spacial score (nSPS) is 12.3. The van der Waals surface area contributed by atoms with Gasteiger partial charge in [0.1, 0.15) is 11.6 Å². The van der Waals surface area contributed by atoms with Gasteiger partial charge in [0.25, 0.3) is 0 Å². The fraction of sp³-hybridized carbons (Fsp3) is 0.438. The maximum absolute atomic E-state index is 5.47. The number of aromatic amines is 1. The quantitative estimate of drug-likeness (QED) is 0.813. The van der Waals surface area contributed by atoms with Crippen LogP contribution < -0.4 is 10.1 Å². The third-order valence-corrected chi connectivity index (χ3v) is 3.27. The highest BCUT2D eigenvalue weighted by atomic mass is 16.5. The van der Waals surface area contributed by atoms with Crippen molar-refractivity contribution in [3.05, 3.63) is 47.5 Å². The largest absolute Gasteiger partial charge is 0.494 e. The van der Waals surface area contributed by atoms with E-state index in [9.17, 15) is 0 Å². The van der Waals surface area contributed by atoms with Gasteiger partial charge >= 0.3 is 0 Å². The maximum Gasteiger partial charge on any atom is 0.120 e. The number of ether oxygens (including phenoxy) is 1. The Morgan fingerprint density at radius 2 is 2.00 bits per heavy atom. The highest BCUT2D eigenvalue weighted by molar-refractivity contribution is 5.29. The number of aromatic nitrogens is 2. The summed E-state index contributed by atoms with van der Waals surface area (Å²) < 4.78 is 5.47. The Balaban J connectivity index is 1.96. The highest BCUT2D eigenvalue weighted by Crippen LogP contribution is 2.20. The molecule has 1 heterocycles. The van der Waals surface area contributed by atoms with E-state index in [1.807, 2.05) is 32.2 Å². The van der Waals surface area contributed by atoms with Crippen molar-refractivity contribution in [3.63, 3.8) is 0 Å². The minimum absolute atomic E-state index is 0.330. The number of hydrogen-bond acceptors (Lipinski definition) is 3. The summed E-state index contributed by atoms with van der Waals surface area (Å²) >= 11 is 0. The third-order valence-electron chi connectivity index (χ3n) is 3.27. The van der Waals surface area contributed by atoms with E-state index < -0.39 is 0 Å². The molecule has 0 aliphatic carbocycles. The van der Waals surface area contributed by atoms with Crippen LogP contribution in [0.4, 0.5) is 0 Å². The number of rotatable bonds is 7. The van der Waals surface area contributed by atoms with E-state index in [1.165, 1.54) is 5.56 Å². The van der Waals surface area contributed by atoms with Gasteiger partial charge < -0.3 is 15.0 Å². The molecule has 0 amide bonds. The van der Waals surface area contributed by atoms with Gasteiger partial charge in [-0.25, -0.2) is 4.98 Å². The number of H-pyrrole nitrogens is 1. The zero-order valence-electron chi connectivity index (χ0n) is 12.4. The first-order valence-electron chi connectivity index (χ1n) is 7.19. The molecule has 20 heavy (non-hydrogen) atoms. The van der Waals surface area contributed by atoms with Crippen LogP contribution in [0.15, 0.2) is 30.5 Å². The lowest BCUT2D eigenvalue weighted by molar-refractivity contribution is 0.340. The molecule has 0 fully saturated rings. The number of imidazole rings is 1. The van der Waals surface area contributed by atoms with Gasteiger partial charge in [-0.15, -0.1) is 0 Å². The second-order valence-corrected chi connectivity index (χ2v) is 4.86. The molecule has 2 N–H and O–H groups in total. The average Bonchev–Trinajstić information content (AvgIpc) is 2.87. The Labute approximate surface area is 120 Å². The predicted octanol–water partition coefficient (Wildman–Crippen LogP) is 3.36. The molecule has 0 bridgehead atoms. The second kappa shape index (κ2) is 7.10. The van der Waals surface area contributed by atoms with Crippen LogP contribution >= 0.6 is 0 Å². The fourth-order valence-electron chi connectivity index (χ4n) is 2.24. The molecule has 2 rings (SSSR count). The number of hydrogen-bond donors (Lipinski definition) is 2. The number of benzene rings is 1. The molecule has 0 spiro atoms. The van der Waals surface area contributed by atoms with Crippen LogP contribution in [0.1, 0.15) is 43.4 Å². The van der Waals surface area contributed by atoms with Gasteiger partial charge in [0.15, 0.2) is 0 Å². The van der Waals surface area contributed by atoms with Crippen molar-refractivity contribution in [1.29, 1.82) is 0 Å². The summed E-state index contributed by atoms with van der Waals surface area (Å²) in [5.74, 6) is 1.90. The van der Waals surface area contributed by atoms with Gasteiger partial charge in [0, 0.05) is 17.9 Å². The first-order valence-corrected chi connectivity index (χ1v) is 7.19. The summed E-state index contributed by atoms with van der Waals surface area (Å²) in [6, 6.07) is 8.63. The standard InChI is InChI=1S/C16H23N3O/c1-4-15(17-11-16-18-10-12(3)19-16)13-6-8-14(9-7-13)20-5-2/h6-10,15,17H,4-5,11H2,1-3H3,(H,18,19). The van der Waals surface area contributed by atoms with E-state index in [4.69, 9.17) is 4.74 Å². The Kier molecular flexibility index (Phi) is 5.18. The van der Waals surface area contributed by atoms with Crippen LogP contribution in [0, 0.1) is 6.92 Å². The fourth-order valence-corrected chi connectivity index (χ4v) is 2.24. The molecule has 1 aromatic carbocycles. The lowest BCUT2D eigenvalue weighted by Gasteiger charge is -2.17. The smallest absolute Gasteiger partial charge is 0.120 e. The first-order chi connectivity index (χ1) is 9.72. The van der Waals surface area contributed by atoms with Crippen molar-refractivity contribution in [2.45, 2.75) is 39.8 Å². The van der Waals surface area contributed by atoms with Crippen LogP contribution in [0.2, 0.25) is 0 Å². The Morgan fingerprint density at radius 3 is 2.55 bits per heavy atom. The molecule has 0 aliphatic rings. The minimum atomic E-state index is 0.330. The molecule has 1 unspecified atom stereocenters. The summed E-state index contributed by atoms with van der Waals surface area (Å²) in [4.78, 5) is 7.56. The topological polar surface area (TPSA) is 49.9 Å². The van der Waals surface area contributed by atoms with E-state index in [1.54, 1.807) is 0 Å². The summed E-state index contributed by atoms with van der Waals surface area (Å²) in [5, 5.41) is 3.53. The maximum atomic E-state index is 5.47. The van der Waals surface area contributed by atoms with Crippen molar-refractivity contribution in [2.75, 3.05) is 6.61 Å². The van der Waals surface area contributed by atoms with E-state index in [0.29, 0.717) is 12.6 Å². The zero-order chi connectivity index (χ0) is 14.4.